The topological polar surface area (TPSA) is 27.7 Å². The Morgan fingerprint density at radius 1 is 0.829 bits per heavy atom. The molecule has 0 aliphatic carbocycles. The van der Waals surface area contributed by atoms with Gasteiger partial charge < -0.3 is 14.2 Å². The monoisotopic (exact) mass is 494 g/mol. The zero-order valence-corrected chi connectivity index (χ0v) is 18.4. The van der Waals surface area contributed by atoms with E-state index >= 15 is 0 Å². The van der Waals surface area contributed by atoms with Crippen LogP contribution in [0.4, 0.5) is 26.3 Å². The molecule has 0 amide bonds. The first kappa shape index (κ1) is 24.8. The van der Waals surface area contributed by atoms with Crippen LogP contribution in [-0.4, -0.2) is 13.2 Å². The molecule has 3 aromatic carbocycles. The highest BCUT2D eigenvalue weighted by atomic mass is 19.3. The van der Waals surface area contributed by atoms with Crippen LogP contribution >= 0.6 is 0 Å². The SMILES string of the molecule is C/C=C/C1COC(c2ccc(C(F)(F)Oc3ccc(-c4cc(F)c(F)c(F)c4)cc3)c(F)c2)OC1. The van der Waals surface area contributed by atoms with Crippen molar-refractivity contribution in [1.29, 1.82) is 0 Å². The molecule has 4 rings (SSSR count). The van der Waals surface area contributed by atoms with E-state index in [2.05, 4.69) is 0 Å². The van der Waals surface area contributed by atoms with Crippen LogP contribution in [0.2, 0.25) is 0 Å². The number of rotatable bonds is 6. The average Bonchev–Trinajstić information content (AvgIpc) is 2.83. The molecule has 9 heteroatoms. The van der Waals surface area contributed by atoms with Crippen LogP contribution in [0.3, 0.4) is 0 Å². The van der Waals surface area contributed by atoms with Crippen molar-refractivity contribution >= 4 is 0 Å². The molecule has 1 heterocycles. The summed E-state index contributed by atoms with van der Waals surface area (Å²) < 4.78 is 99.9. The van der Waals surface area contributed by atoms with Gasteiger partial charge in [0.1, 0.15) is 11.6 Å². The number of benzene rings is 3. The molecule has 0 spiro atoms. The van der Waals surface area contributed by atoms with Crippen LogP contribution in [0.5, 0.6) is 5.75 Å². The second-order valence-electron chi connectivity index (χ2n) is 7.92. The molecule has 3 aromatic rings. The second kappa shape index (κ2) is 10.1. The van der Waals surface area contributed by atoms with Gasteiger partial charge in [-0.2, -0.15) is 8.78 Å². The minimum atomic E-state index is -4.02. The van der Waals surface area contributed by atoms with Gasteiger partial charge in [0.05, 0.1) is 18.8 Å². The van der Waals surface area contributed by atoms with Gasteiger partial charge in [-0.3, -0.25) is 0 Å². The lowest BCUT2D eigenvalue weighted by atomic mass is 10.1. The zero-order chi connectivity index (χ0) is 25.2. The normalized spacial score (nSPS) is 18.7. The fraction of sp³-hybridized carbons (Fsp3) is 0.231. The van der Waals surface area contributed by atoms with Crippen LogP contribution < -0.4 is 4.74 Å². The van der Waals surface area contributed by atoms with Crippen LogP contribution in [-0.2, 0) is 15.6 Å². The first-order valence-electron chi connectivity index (χ1n) is 10.7. The Balaban J connectivity index is 1.47. The number of ether oxygens (including phenoxy) is 3. The fourth-order valence-corrected chi connectivity index (χ4v) is 3.65. The lowest BCUT2D eigenvalue weighted by Gasteiger charge is -2.28. The predicted octanol–water partition coefficient (Wildman–Crippen LogP) is 7.28. The van der Waals surface area contributed by atoms with Crippen molar-refractivity contribution in [2.24, 2.45) is 5.92 Å². The van der Waals surface area contributed by atoms with Crippen molar-refractivity contribution in [3.05, 3.63) is 101 Å². The lowest BCUT2D eigenvalue weighted by molar-refractivity contribution is -0.198. The summed E-state index contributed by atoms with van der Waals surface area (Å²) in [6, 6.07) is 9.41. The van der Waals surface area contributed by atoms with E-state index in [1.54, 1.807) is 0 Å². The molecular weight excluding hydrogens is 474 g/mol. The minimum absolute atomic E-state index is 0.00512. The number of hydrogen-bond acceptors (Lipinski definition) is 3. The summed E-state index contributed by atoms with van der Waals surface area (Å²) in [5.74, 6) is -5.84. The quantitative estimate of drug-likeness (QED) is 0.205. The molecule has 0 unspecified atom stereocenters. The van der Waals surface area contributed by atoms with Gasteiger partial charge in [-0.25, -0.2) is 17.6 Å². The Kier molecular flexibility index (Phi) is 7.18. The Hall–Kier alpha value is -3.30. The first-order valence-corrected chi connectivity index (χ1v) is 10.7. The summed E-state index contributed by atoms with van der Waals surface area (Å²) in [5.41, 5.74) is -0.497. The summed E-state index contributed by atoms with van der Waals surface area (Å²) in [6.07, 6.45) is -1.11. The maximum atomic E-state index is 14.7. The van der Waals surface area contributed by atoms with Gasteiger partial charge in [-0.1, -0.05) is 30.4 Å². The Bertz CT molecular complexity index is 1200. The molecule has 0 atom stereocenters. The van der Waals surface area contributed by atoms with Gasteiger partial charge in [0, 0.05) is 11.5 Å². The number of hydrogen-bond donors (Lipinski definition) is 0. The summed E-state index contributed by atoms with van der Waals surface area (Å²) >= 11 is 0. The largest absolute Gasteiger partial charge is 0.429 e. The third kappa shape index (κ3) is 5.52. The molecule has 0 bridgehead atoms. The van der Waals surface area contributed by atoms with E-state index in [1.165, 1.54) is 18.2 Å². The maximum absolute atomic E-state index is 14.7. The van der Waals surface area contributed by atoms with Gasteiger partial charge in [-0.15, -0.1) is 0 Å². The van der Waals surface area contributed by atoms with E-state index in [4.69, 9.17) is 14.2 Å². The third-order valence-corrected chi connectivity index (χ3v) is 5.38. The van der Waals surface area contributed by atoms with Crippen molar-refractivity contribution in [3.8, 4) is 16.9 Å². The predicted molar refractivity (Wildman–Crippen MR) is 116 cm³/mol. The molecule has 184 valence electrons. The molecule has 1 aliphatic heterocycles. The smallest absolute Gasteiger partial charge is 0.429 e. The molecule has 35 heavy (non-hydrogen) atoms. The molecule has 0 N–H and O–H groups in total. The maximum Gasteiger partial charge on any atom is 0.429 e. The van der Waals surface area contributed by atoms with Gasteiger partial charge in [0.2, 0.25) is 0 Å². The highest BCUT2D eigenvalue weighted by Gasteiger charge is 2.38. The van der Waals surface area contributed by atoms with Crippen molar-refractivity contribution < 1.29 is 40.6 Å². The Morgan fingerprint density at radius 2 is 1.46 bits per heavy atom. The van der Waals surface area contributed by atoms with Crippen LogP contribution in [0.15, 0.2) is 66.7 Å². The second-order valence-corrected chi connectivity index (χ2v) is 7.92. The highest BCUT2D eigenvalue weighted by Crippen LogP contribution is 2.36. The van der Waals surface area contributed by atoms with E-state index in [-0.39, 0.29) is 28.4 Å². The highest BCUT2D eigenvalue weighted by molar-refractivity contribution is 5.64. The molecule has 3 nitrogen and oxygen atoms in total. The van der Waals surface area contributed by atoms with Crippen molar-refractivity contribution in [2.75, 3.05) is 13.2 Å². The lowest BCUT2D eigenvalue weighted by Crippen LogP contribution is -2.27. The number of alkyl halides is 2. The molecule has 1 aliphatic rings. The summed E-state index contributed by atoms with van der Waals surface area (Å²) in [6.45, 7) is 2.57. The molecule has 0 aromatic heterocycles. The minimum Gasteiger partial charge on any atom is -0.429 e. The average molecular weight is 494 g/mol. The summed E-state index contributed by atoms with van der Waals surface area (Å²) in [7, 11) is 0. The van der Waals surface area contributed by atoms with Crippen molar-refractivity contribution in [3.63, 3.8) is 0 Å². The standard InChI is InChI=1S/C26H20F6O3/c1-2-3-15-13-33-25(34-14-15)17-6-9-20(21(27)10-17)26(31,32)35-19-7-4-16(5-8-19)18-11-22(28)24(30)23(29)12-18/h2-12,15,25H,13-14H2,1H3/b3-2+. The zero-order valence-electron chi connectivity index (χ0n) is 18.4. The van der Waals surface area contributed by atoms with Crippen molar-refractivity contribution in [1.82, 2.24) is 0 Å². The summed E-state index contributed by atoms with van der Waals surface area (Å²) in [5, 5.41) is 0. The van der Waals surface area contributed by atoms with Gasteiger partial charge >= 0.3 is 6.11 Å². The van der Waals surface area contributed by atoms with E-state index in [1.807, 2.05) is 19.1 Å². The van der Waals surface area contributed by atoms with E-state index in [0.717, 1.165) is 36.4 Å². The van der Waals surface area contributed by atoms with Crippen LogP contribution in [0.1, 0.15) is 24.3 Å². The van der Waals surface area contributed by atoms with Crippen LogP contribution in [0, 0.1) is 29.2 Å². The molecular formula is C26H20F6O3. The molecule has 0 saturated carbocycles. The number of halogens is 6. The Labute approximate surface area is 197 Å². The molecule has 1 saturated heterocycles. The van der Waals surface area contributed by atoms with Crippen LogP contribution in [0.25, 0.3) is 11.1 Å². The fourth-order valence-electron chi connectivity index (χ4n) is 3.65. The first-order chi connectivity index (χ1) is 16.7. The summed E-state index contributed by atoms with van der Waals surface area (Å²) in [4.78, 5) is 0. The van der Waals surface area contributed by atoms with E-state index in [9.17, 15) is 26.3 Å². The van der Waals surface area contributed by atoms with Gasteiger partial charge in [-0.05, 0) is 54.4 Å². The number of allylic oxidation sites excluding steroid dienone is 1. The Morgan fingerprint density at radius 3 is 2.03 bits per heavy atom. The molecule has 1 fully saturated rings. The van der Waals surface area contributed by atoms with E-state index < -0.39 is 41.2 Å². The van der Waals surface area contributed by atoms with Gasteiger partial charge in [0.25, 0.3) is 0 Å². The third-order valence-electron chi connectivity index (χ3n) is 5.38. The molecule has 0 radical (unpaired) electrons. The van der Waals surface area contributed by atoms with Crippen molar-refractivity contribution in [2.45, 2.75) is 19.3 Å². The van der Waals surface area contributed by atoms with E-state index in [0.29, 0.717) is 13.2 Å². The van der Waals surface area contributed by atoms with Gasteiger partial charge in [0.15, 0.2) is 23.7 Å².